The summed E-state index contributed by atoms with van der Waals surface area (Å²) in [6.45, 7) is 18.0. The third-order valence-corrected chi connectivity index (χ3v) is 6.40. The van der Waals surface area contributed by atoms with Crippen LogP contribution in [0.1, 0.15) is 13.8 Å². The van der Waals surface area contributed by atoms with E-state index in [2.05, 4.69) is 39.3 Å². The van der Waals surface area contributed by atoms with Crippen molar-refractivity contribution in [3.8, 4) is 0 Å². The van der Waals surface area contributed by atoms with Crippen LogP contribution in [0, 0.1) is 5.92 Å². The van der Waals surface area contributed by atoms with Crippen LogP contribution in [0.25, 0.3) is 4.65 Å². The van der Waals surface area contributed by atoms with Crippen molar-refractivity contribution in [3.05, 3.63) is 4.65 Å². The van der Waals surface area contributed by atoms with Gasteiger partial charge in [-0.25, -0.2) is 0 Å². The molecule has 2 nitrogen and oxygen atoms in total. The van der Waals surface area contributed by atoms with Gasteiger partial charge in [-0.3, -0.25) is 0 Å². The van der Waals surface area contributed by atoms with E-state index in [0.717, 1.165) is 0 Å². The zero-order valence-corrected chi connectivity index (χ0v) is 14.2. The molecule has 88 valence electrons. The van der Waals surface area contributed by atoms with E-state index in [4.69, 9.17) is 9.75 Å². The molecule has 0 aromatic carbocycles. The van der Waals surface area contributed by atoms with E-state index in [9.17, 15) is 0 Å². The van der Waals surface area contributed by atoms with E-state index in [1.54, 1.807) is 0 Å². The van der Waals surface area contributed by atoms with Gasteiger partial charge in [-0.1, -0.05) is 69.6 Å². The number of aliphatic hydroxyl groups is 1. The van der Waals surface area contributed by atoms with Crippen molar-refractivity contribution in [3.63, 3.8) is 0 Å². The molecule has 0 unspecified atom stereocenters. The summed E-state index contributed by atoms with van der Waals surface area (Å²) >= 11 is 0. The van der Waals surface area contributed by atoms with Gasteiger partial charge in [0.25, 0.3) is 0 Å². The van der Waals surface area contributed by atoms with E-state index in [1.807, 2.05) is 13.8 Å². The van der Waals surface area contributed by atoms with E-state index in [1.165, 1.54) is 0 Å². The van der Waals surface area contributed by atoms with Crippen LogP contribution in [-0.4, -0.2) is 28.2 Å². The molecule has 0 bridgehead atoms. The molecular formula is C10H28LiNOSi2. The molecule has 0 saturated carbocycles. The van der Waals surface area contributed by atoms with Gasteiger partial charge in [0.1, 0.15) is 0 Å². The maximum Gasteiger partial charge on any atom is 1.00 e. The summed E-state index contributed by atoms with van der Waals surface area (Å²) < 4.78 is 4.82. The molecule has 0 atom stereocenters. The molecule has 0 fully saturated rings. The van der Waals surface area contributed by atoms with Crippen LogP contribution in [-0.2, 0) is 0 Å². The fourth-order valence-electron chi connectivity index (χ4n) is 1.01. The van der Waals surface area contributed by atoms with Crippen LogP contribution < -0.4 is 18.9 Å². The summed E-state index contributed by atoms with van der Waals surface area (Å²) in [5, 5.41) is 8.14. The zero-order chi connectivity index (χ0) is 12.0. The number of hydrogen-bond acceptors (Lipinski definition) is 1. The second-order valence-electron chi connectivity index (χ2n) is 6.03. The number of rotatable bonds is 3. The Labute approximate surface area is 111 Å². The SMILES string of the molecule is CC(C)CO.C[Si](C)(C)[N-][Si](C)(C)C.[Li+]. The van der Waals surface area contributed by atoms with Crippen molar-refractivity contribution >= 4 is 16.5 Å². The monoisotopic (exact) mass is 241 g/mol. The average Bonchev–Trinajstić information content (AvgIpc) is 1.80. The molecule has 5 heteroatoms. The zero-order valence-electron chi connectivity index (χ0n) is 12.2. The molecule has 0 rings (SSSR count). The Bertz CT molecular complexity index is 129. The topological polar surface area (TPSA) is 34.3 Å². The minimum absolute atomic E-state index is 0. The third-order valence-electron chi connectivity index (χ3n) is 1.04. The predicted octanol–water partition coefficient (Wildman–Crippen LogP) is 0.669. The molecule has 0 spiro atoms. The minimum Gasteiger partial charge on any atom is -0.668 e. The van der Waals surface area contributed by atoms with Crippen molar-refractivity contribution in [1.29, 1.82) is 0 Å². The number of aliphatic hydroxyl groups excluding tert-OH is 1. The van der Waals surface area contributed by atoms with Gasteiger partial charge in [0.15, 0.2) is 0 Å². The van der Waals surface area contributed by atoms with Crippen LogP contribution in [0.5, 0.6) is 0 Å². The van der Waals surface area contributed by atoms with Crippen molar-refractivity contribution in [2.24, 2.45) is 5.92 Å². The van der Waals surface area contributed by atoms with Gasteiger partial charge < -0.3 is 9.75 Å². The molecule has 0 aromatic rings. The number of nitrogens with zero attached hydrogens (tertiary/aromatic N) is 1. The maximum atomic E-state index is 8.14. The summed E-state index contributed by atoms with van der Waals surface area (Å²) in [6.07, 6.45) is 0. The standard InChI is InChI=1S/C6H18NSi2.C4H10O.Li/c1-8(2,3)7-9(4,5)6;1-4(2)3-5;/h1-6H3;4-5H,3H2,1-2H3;/q-1;;+1. The molecule has 1 N–H and O–H groups in total. The van der Waals surface area contributed by atoms with Gasteiger partial charge in [-0.15, -0.1) is 0 Å². The molecular weight excluding hydrogens is 213 g/mol. The summed E-state index contributed by atoms with van der Waals surface area (Å²) in [7, 11) is -2.21. The molecule has 0 aliphatic rings. The maximum absolute atomic E-state index is 8.14. The molecule has 0 aliphatic carbocycles. The molecule has 0 radical (unpaired) electrons. The van der Waals surface area contributed by atoms with E-state index < -0.39 is 16.5 Å². The molecule has 0 aromatic heterocycles. The normalized spacial score (nSPS) is 11.6. The largest absolute Gasteiger partial charge is 1.00 e. The Kier molecular flexibility index (Phi) is 12.8. The van der Waals surface area contributed by atoms with E-state index >= 15 is 0 Å². The van der Waals surface area contributed by atoms with Crippen LogP contribution >= 0.6 is 0 Å². The average molecular weight is 241 g/mol. The smallest absolute Gasteiger partial charge is 0.668 e. The summed E-state index contributed by atoms with van der Waals surface area (Å²) in [4.78, 5) is 0. The Morgan fingerprint density at radius 3 is 1.13 bits per heavy atom. The summed E-state index contributed by atoms with van der Waals surface area (Å²) in [5.74, 6) is 0.440. The minimum atomic E-state index is -1.11. The Hall–Kier alpha value is 0.951. The van der Waals surface area contributed by atoms with Gasteiger partial charge in [-0.2, -0.15) is 0 Å². The van der Waals surface area contributed by atoms with E-state index in [-0.39, 0.29) is 18.9 Å². The first-order valence-electron chi connectivity index (χ1n) is 5.33. The Morgan fingerprint density at radius 2 is 1.13 bits per heavy atom. The van der Waals surface area contributed by atoms with Gasteiger partial charge in [0.2, 0.25) is 0 Å². The summed E-state index contributed by atoms with van der Waals surface area (Å²) in [6, 6.07) is 0. The first kappa shape index (κ1) is 21.3. The van der Waals surface area contributed by atoms with Crippen LogP contribution in [0.3, 0.4) is 0 Å². The van der Waals surface area contributed by atoms with E-state index in [0.29, 0.717) is 12.5 Å². The predicted molar refractivity (Wildman–Crippen MR) is 72.0 cm³/mol. The summed E-state index contributed by atoms with van der Waals surface area (Å²) in [5.41, 5.74) is 0. The van der Waals surface area contributed by atoms with Crippen molar-refractivity contribution < 1.29 is 24.0 Å². The van der Waals surface area contributed by atoms with Crippen LogP contribution in [0.2, 0.25) is 39.3 Å². The number of hydrogen-bond donors (Lipinski definition) is 1. The van der Waals surface area contributed by atoms with Crippen LogP contribution in [0.15, 0.2) is 0 Å². The first-order chi connectivity index (χ1) is 5.98. The molecule has 0 saturated heterocycles. The van der Waals surface area contributed by atoms with Gasteiger partial charge >= 0.3 is 18.9 Å². The molecule has 0 amide bonds. The fourth-order valence-corrected chi connectivity index (χ4v) is 9.06. The fraction of sp³-hybridized carbons (Fsp3) is 1.00. The van der Waals surface area contributed by atoms with Gasteiger partial charge in [-0.05, 0) is 5.92 Å². The molecule has 0 aliphatic heterocycles. The Morgan fingerprint density at radius 1 is 0.933 bits per heavy atom. The molecule has 15 heavy (non-hydrogen) atoms. The van der Waals surface area contributed by atoms with Crippen LogP contribution in [0.4, 0.5) is 0 Å². The second-order valence-corrected chi connectivity index (χ2v) is 15.6. The molecule has 0 heterocycles. The van der Waals surface area contributed by atoms with Crippen molar-refractivity contribution in [1.82, 2.24) is 0 Å². The second kappa shape index (κ2) is 9.03. The van der Waals surface area contributed by atoms with Gasteiger partial charge in [0, 0.05) is 6.61 Å². The quantitative estimate of drug-likeness (QED) is 0.724. The first-order valence-corrected chi connectivity index (χ1v) is 12.2. The third kappa shape index (κ3) is 31.3. The van der Waals surface area contributed by atoms with Crippen molar-refractivity contribution in [2.75, 3.05) is 6.61 Å². The van der Waals surface area contributed by atoms with Crippen molar-refractivity contribution in [2.45, 2.75) is 53.1 Å². The Balaban J connectivity index is -0.000000208. The van der Waals surface area contributed by atoms with Gasteiger partial charge in [0.05, 0.1) is 0 Å².